The van der Waals surface area contributed by atoms with E-state index in [9.17, 15) is 14.4 Å². The number of carbonyl (C=O) groups excluding carboxylic acids is 1. The quantitative estimate of drug-likeness (QED) is 0.263. The highest BCUT2D eigenvalue weighted by atomic mass is 79.9. The second-order valence-corrected chi connectivity index (χ2v) is 8.43. The van der Waals surface area contributed by atoms with Crippen molar-refractivity contribution in [1.29, 1.82) is 5.26 Å². The topological polar surface area (TPSA) is 71.3 Å². The summed E-state index contributed by atoms with van der Waals surface area (Å²) in [6, 6.07) is 17.3. The van der Waals surface area contributed by atoms with E-state index in [-0.39, 0.29) is 18.0 Å². The van der Waals surface area contributed by atoms with Gasteiger partial charge in [0.1, 0.15) is 24.1 Å². The van der Waals surface area contributed by atoms with E-state index in [0.29, 0.717) is 39.4 Å². The fraction of sp³-hybridized carbons (Fsp3) is 0.185. The van der Waals surface area contributed by atoms with Gasteiger partial charge in [-0.05, 0) is 62.2 Å². The van der Waals surface area contributed by atoms with Crippen LogP contribution in [-0.4, -0.2) is 12.5 Å². The van der Waals surface area contributed by atoms with Gasteiger partial charge < -0.3 is 14.8 Å². The molecule has 0 aliphatic carbocycles. The summed E-state index contributed by atoms with van der Waals surface area (Å²) in [6.07, 6.45) is 1.48. The summed E-state index contributed by atoms with van der Waals surface area (Å²) >= 11 is 3.47. The first-order chi connectivity index (χ1) is 16.3. The molecule has 7 heteroatoms. The molecule has 0 atom stereocenters. The van der Waals surface area contributed by atoms with Gasteiger partial charge in [-0.3, -0.25) is 4.79 Å². The van der Waals surface area contributed by atoms with Crippen LogP contribution in [0.25, 0.3) is 6.08 Å². The van der Waals surface area contributed by atoms with Gasteiger partial charge in [-0.1, -0.05) is 51.8 Å². The van der Waals surface area contributed by atoms with Crippen molar-refractivity contribution < 1.29 is 18.7 Å². The van der Waals surface area contributed by atoms with Crippen LogP contribution in [0.4, 0.5) is 10.1 Å². The molecule has 1 amide bonds. The molecular weight excluding hydrogens is 499 g/mol. The summed E-state index contributed by atoms with van der Waals surface area (Å²) in [5.41, 5.74) is 3.54. The van der Waals surface area contributed by atoms with Gasteiger partial charge in [-0.15, -0.1) is 0 Å². The smallest absolute Gasteiger partial charge is 0.266 e. The molecule has 0 aliphatic heterocycles. The predicted molar refractivity (Wildman–Crippen MR) is 134 cm³/mol. The molecule has 0 saturated heterocycles. The highest BCUT2D eigenvalue weighted by molar-refractivity contribution is 9.10. The standard InChI is InChI=1S/C27H24BrFN2O3/c1-4-33-25-13-20(22(28)14-26(25)34-16-19-7-5-6-8-23(19)29)12-21(15-30)27(32)31-24-10-9-17(2)11-18(24)3/h5-14H,4,16H2,1-3H3,(H,31,32)/b21-12+. The molecule has 0 saturated carbocycles. The minimum absolute atomic E-state index is 0.0239. The van der Waals surface area contributed by atoms with E-state index in [0.717, 1.165) is 11.1 Å². The number of halogens is 2. The number of nitrogens with one attached hydrogen (secondary N) is 1. The van der Waals surface area contributed by atoms with E-state index in [1.54, 1.807) is 30.3 Å². The summed E-state index contributed by atoms with van der Waals surface area (Å²) in [5, 5.41) is 12.4. The SMILES string of the molecule is CCOc1cc(/C=C(\C#N)C(=O)Nc2ccc(C)cc2C)c(Br)cc1OCc1ccccc1F. The Morgan fingerprint density at radius 2 is 1.85 bits per heavy atom. The van der Waals surface area contributed by atoms with Gasteiger partial charge in [-0.2, -0.15) is 5.26 Å². The van der Waals surface area contributed by atoms with Crippen molar-refractivity contribution in [1.82, 2.24) is 0 Å². The Bertz CT molecular complexity index is 1280. The highest BCUT2D eigenvalue weighted by Crippen LogP contribution is 2.35. The number of rotatable bonds is 8. The van der Waals surface area contributed by atoms with Crippen LogP contribution in [0.1, 0.15) is 29.2 Å². The normalized spacial score (nSPS) is 11.0. The van der Waals surface area contributed by atoms with Crippen LogP contribution in [0.3, 0.4) is 0 Å². The summed E-state index contributed by atoms with van der Waals surface area (Å²) < 4.78 is 26.0. The largest absolute Gasteiger partial charge is 0.490 e. The van der Waals surface area contributed by atoms with Crippen LogP contribution in [0.5, 0.6) is 11.5 Å². The number of ether oxygens (including phenoxy) is 2. The Kier molecular flexibility index (Phi) is 8.44. The van der Waals surface area contributed by atoms with Crippen LogP contribution < -0.4 is 14.8 Å². The molecule has 5 nitrogen and oxygen atoms in total. The second-order valence-electron chi connectivity index (χ2n) is 7.58. The van der Waals surface area contributed by atoms with Gasteiger partial charge in [-0.25, -0.2) is 4.39 Å². The molecule has 174 valence electrons. The van der Waals surface area contributed by atoms with E-state index in [2.05, 4.69) is 21.2 Å². The molecule has 34 heavy (non-hydrogen) atoms. The molecule has 3 aromatic rings. The van der Waals surface area contributed by atoms with Crippen LogP contribution in [-0.2, 0) is 11.4 Å². The minimum Gasteiger partial charge on any atom is -0.490 e. The van der Waals surface area contributed by atoms with Crippen LogP contribution in [0.2, 0.25) is 0 Å². The monoisotopic (exact) mass is 522 g/mol. The zero-order chi connectivity index (χ0) is 24.7. The van der Waals surface area contributed by atoms with Crippen LogP contribution >= 0.6 is 15.9 Å². The Balaban J connectivity index is 1.87. The number of benzene rings is 3. The summed E-state index contributed by atoms with van der Waals surface area (Å²) in [4.78, 5) is 12.8. The zero-order valence-electron chi connectivity index (χ0n) is 19.1. The first kappa shape index (κ1) is 25.0. The third-order valence-corrected chi connectivity index (χ3v) is 5.69. The maximum atomic E-state index is 13.9. The molecule has 1 N–H and O–H groups in total. The molecule has 3 rings (SSSR count). The van der Waals surface area contributed by atoms with E-state index in [4.69, 9.17) is 9.47 Å². The fourth-order valence-corrected chi connectivity index (χ4v) is 3.70. The number of amides is 1. The lowest BCUT2D eigenvalue weighted by Gasteiger charge is -2.14. The fourth-order valence-electron chi connectivity index (χ4n) is 3.26. The molecule has 0 aliphatic rings. The number of aryl methyl sites for hydroxylation is 2. The second kappa shape index (κ2) is 11.5. The lowest BCUT2D eigenvalue weighted by molar-refractivity contribution is -0.112. The van der Waals surface area contributed by atoms with Gasteiger partial charge in [0.15, 0.2) is 11.5 Å². The number of hydrogen-bond donors (Lipinski definition) is 1. The zero-order valence-corrected chi connectivity index (χ0v) is 20.7. The van der Waals surface area contributed by atoms with Gasteiger partial charge in [0.25, 0.3) is 5.91 Å². The minimum atomic E-state index is -0.515. The van der Waals surface area contributed by atoms with E-state index in [1.807, 2.05) is 45.0 Å². The van der Waals surface area contributed by atoms with Crippen LogP contribution in [0, 0.1) is 31.0 Å². The molecule has 0 unspecified atom stereocenters. The van der Waals surface area contributed by atoms with Crippen molar-refractivity contribution >= 4 is 33.6 Å². The summed E-state index contributed by atoms with van der Waals surface area (Å²) in [7, 11) is 0. The molecule has 0 radical (unpaired) electrons. The van der Waals surface area contributed by atoms with E-state index >= 15 is 0 Å². The number of nitriles is 1. The molecular formula is C27H24BrFN2O3. The lowest BCUT2D eigenvalue weighted by Crippen LogP contribution is -2.14. The summed E-state index contributed by atoms with van der Waals surface area (Å²) in [6.45, 7) is 6.09. The van der Waals surface area contributed by atoms with Crippen molar-refractivity contribution in [2.24, 2.45) is 0 Å². The van der Waals surface area contributed by atoms with Gasteiger partial charge >= 0.3 is 0 Å². The van der Waals surface area contributed by atoms with Gasteiger partial charge in [0.2, 0.25) is 0 Å². The van der Waals surface area contributed by atoms with Crippen molar-refractivity contribution in [2.45, 2.75) is 27.4 Å². The molecule has 0 heterocycles. The van der Waals surface area contributed by atoms with Crippen molar-refractivity contribution in [2.75, 3.05) is 11.9 Å². The number of hydrogen-bond acceptors (Lipinski definition) is 4. The van der Waals surface area contributed by atoms with Crippen LogP contribution in [0.15, 0.2) is 64.6 Å². The number of anilines is 1. The number of nitrogens with zero attached hydrogens (tertiary/aromatic N) is 1. The Labute approximate surface area is 207 Å². The Morgan fingerprint density at radius 1 is 1.12 bits per heavy atom. The van der Waals surface area contributed by atoms with Crippen molar-refractivity contribution in [3.8, 4) is 17.6 Å². The Morgan fingerprint density at radius 3 is 2.53 bits per heavy atom. The molecule has 3 aromatic carbocycles. The molecule has 0 aromatic heterocycles. The van der Waals surface area contributed by atoms with E-state index in [1.165, 1.54) is 12.1 Å². The third-order valence-electron chi connectivity index (χ3n) is 5.00. The third kappa shape index (κ3) is 6.24. The molecule has 0 fully saturated rings. The predicted octanol–water partition coefficient (Wildman–Crippen LogP) is 6.73. The van der Waals surface area contributed by atoms with E-state index < -0.39 is 5.91 Å². The maximum absolute atomic E-state index is 13.9. The van der Waals surface area contributed by atoms with Gasteiger partial charge in [0, 0.05) is 15.7 Å². The average Bonchev–Trinajstić information content (AvgIpc) is 2.80. The van der Waals surface area contributed by atoms with Gasteiger partial charge in [0.05, 0.1) is 6.61 Å². The highest BCUT2D eigenvalue weighted by Gasteiger charge is 2.15. The average molecular weight is 523 g/mol. The molecule has 0 spiro atoms. The first-order valence-corrected chi connectivity index (χ1v) is 11.4. The Hall–Kier alpha value is -3.63. The molecule has 0 bridgehead atoms. The number of carbonyl (C=O) groups is 1. The first-order valence-electron chi connectivity index (χ1n) is 10.6. The van der Waals surface area contributed by atoms with Crippen molar-refractivity contribution in [3.05, 3.63) is 92.7 Å². The summed E-state index contributed by atoms with van der Waals surface area (Å²) in [5.74, 6) is -0.0421. The maximum Gasteiger partial charge on any atom is 0.266 e. The lowest BCUT2D eigenvalue weighted by atomic mass is 10.1. The van der Waals surface area contributed by atoms with Crippen molar-refractivity contribution in [3.63, 3.8) is 0 Å².